The second-order valence-electron chi connectivity index (χ2n) is 5.16. The van der Waals surface area contributed by atoms with E-state index in [-0.39, 0.29) is 24.0 Å². The minimum atomic E-state index is 0. The van der Waals surface area contributed by atoms with E-state index in [0.29, 0.717) is 5.96 Å². The molecule has 0 spiro atoms. The normalized spacial score (nSPS) is 15.6. The van der Waals surface area contributed by atoms with Crippen molar-refractivity contribution in [3.05, 3.63) is 15.6 Å². The lowest BCUT2D eigenvalue weighted by molar-refractivity contribution is 0.326. The van der Waals surface area contributed by atoms with E-state index in [4.69, 9.17) is 5.73 Å². The second-order valence-corrected chi connectivity index (χ2v) is 6.45. The Balaban J connectivity index is 0.00000200. The molecule has 1 aliphatic carbocycles. The third kappa shape index (κ3) is 5.20. The molecule has 0 unspecified atom stereocenters. The molecule has 0 saturated heterocycles. The summed E-state index contributed by atoms with van der Waals surface area (Å²) >= 11 is 1.79. The molecule has 1 aromatic heterocycles. The number of halogens is 1. The van der Waals surface area contributed by atoms with Gasteiger partial charge in [-0.3, -0.25) is 4.99 Å². The number of nitrogens with zero attached hydrogens (tertiary/aromatic N) is 2. The van der Waals surface area contributed by atoms with E-state index in [0.717, 1.165) is 31.8 Å². The molecular formula is C14H25IN4S. The molecule has 0 amide bonds. The number of guanidine groups is 1. The first-order chi connectivity index (χ1) is 9.19. The van der Waals surface area contributed by atoms with Crippen molar-refractivity contribution in [2.45, 2.75) is 46.0 Å². The zero-order valence-electron chi connectivity index (χ0n) is 12.3. The first-order valence-electron chi connectivity index (χ1n) is 7.18. The summed E-state index contributed by atoms with van der Waals surface area (Å²) in [7, 11) is 0. The first-order valence-corrected chi connectivity index (χ1v) is 7.99. The van der Waals surface area contributed by atoms with Gasteiger partial charge in [0.05, 0.1) is 10.7 Å². The van der Waals surface area contributed by atoms with Gasteiger partial charge < -0.3 is 11.1 Å². The molecule has 0 aromatic carbocycles. The van der Waals surface area contributed by atoms with E-state index in [1.54, 1.807) is 11.3 Å². The number of thiazole rings is 1. The summed E-state index contributed by atoms with van der Waals surface area (Å²) in [4.78, 5) is 10.3. The van der Waals surface area contributed by atoms with Crippen LogP contribution in [-0.4, -0.2) is 24.0 Å². The van der Waals surface area contributed by atoms with Crippen LogP contribution in [0.1, 0.15) is 41.8 Å². The predicted octanol–water partition coefficient (Wildman–Crippen LogP) is 2.88. The molecule has 4 nitrogen and oxygen atoms in total. The SMILES string of the molecule is CCc1nc(CCNC(N)=NCC2CCC2)sc1C.I. The Kier molecular flexibility index (Phi) is 7.79. The van der Waals surface area contributed by atoms with Gasteiger partial charge in [-0.25, -0.2) is 4.98 Å². The highest BCUT2D eigenvalue weighted by Crippen LogP contribution is 2.26. The van der Waals surface area contributed by atoms with E-state index in [1.807, 2.05) is 0 Å². The molecule has 6 heteroatoms. The standard InChI is InChI=1S/C14H24N4S.HI/c1-3-12-10(2)19-13(18-12)7-8-16-14(15)17-9-11-5-4-6-11;/h11H,3-9H2,1-2H3,(H3,15,16,17);1H. The Labute approximate surface area is 142 Å². The molecular weight excluding hydrogens is 383 g/mol. The smallest absolute Gasteiger partial charge is 0.188 e. The molecule has 1 saturated carbocycles. The number of hydrogen-bond donors (Lipinski definition) is 2. The van der Waals surface area contributed by atoms with Gasteiger partial charge in [-0.1, -0.05) is 13.3 Å². The summed E-state index contributed by atoms with van der Waals surface area (Å²) in [5.41, 5.74) is 7.08. The Morgan fingerprint density at radius 3 is 2.80 bits per heavy atom. The Morgan fingerprint density at radius 1 is 1.50 bits per heavy atom. The van der Waals surface area contributed by atoms with Gasteiger partial charge in [-0.2, -0.15) is 0 Å². The zero-order valence-corrected chi connectivity index (χ0v) is 15.5. The van der Waals surface area contributed by atoms with Gasteiger partial charge in [0.2, 0.25) is 0 Å². The molecule has 1 aromatic rings. The van der Waals surface area contributed by atoms with E-state index < -0.39 is 0 Å². The summed E-state index contributed by atoms with van der Waals surface area (Å²) in [6, 6.07) is 0. The number of hydrogen-bond acceptors (Lipinski definition) is 3. The lowest BCUT2D eigenvalue weighted by Gasteiger charge is -2.23. The van der Waals surface area contributed by atoms with Gasteiger partial charge in [-0.05, 0) is 32.1 Å². The largest absolute Gasteiger partial charge is 0.370 e. The van der Waals surface area contributed by atoms with Gasteiger partial charge in [-0.15, -0.1) is 35.3 Å². The maximum Gasteiger partial charge on any atom is 0.188 e. The third-order valence-corrected chi connectivity index (χ3v) is 4.73. The van der Waals surface area contributed by atoms with Crippen LogP contribution in [0.3, 0.4) is 0 Å². The Morgan fingerprint density at radius 2 is 2.25 bits per heavy atom. The van der Waals surface area contributed by atoms with Crippen LogP contribution in [0.2, 0.25) is 0 Å². The molecule has 20 heavy (non-hydrogen) atoms. The molecule has 2 rings (SSSR count). The molecule has 0 aliphatic heterocycles. The van der Waals surface area contributed by atoms with Crippen LogP contribution in [0.15, 0.2) is 4.99 Å². The van der Waals surface area contributed by atoms with E-state index >= 15 is 0 Å². The summed E-state index contributed by atoms with van der Waals surface area (Å²) in [6.07, 6.45) is 5.92. The first kappa shape index (κ1) is 17.7. The van der Waals surface area contributed by atoms with Crippen molar-refractivity contribution in [2.24, 2.45) is 16.6 Å². The highest BCUT2D eigenvalue weighted by molar-refractivity contribution is 14.0. The average Bonchev–Trinajstić information content (AvgIpc) is 2.68. The lowest BCUT2D eigenvalue weighted by Crippen LogP contribution is -2.34. The maximum atomic E-state index is 5.85. The van der Waals surface area contributed by atoms with Gasteiger partial charge >= 0.3 is 0 Å². The maximum absolute atomic E-state index is 5.85. The van der Waals surface area contributed by atoms with Gasteiger partial charge in [0.25, 0.3) is 0 Å². The molecule has 1 fully saturated rings. The van der Waals surface area contributed by atoms with Crippen LogP contribution in [0, 0.1) is 12.8 Å². The highest BCUT2D eigenvalue weighted by Gasteiger charge is 2.16. The molecule has 0 atom stereocenters. The minimum absolute atomic E-state index is 0. The zero-order chi connectivity index (χ0) is 13.7. The average molecular weight is 408 g/mol. The number of aromatic nitrogens is 1. The summed E-state index contributed by atoms with van der Waals surface area (Å²) < 4.78 is 0. The summed E-state index contributed by atoms with van der Waals surface area (Å²) in [6.45, 7) is 5.99. The predicted molar refractivity (Wildman–Crippen MR) is 97.2 cm³/mol. The summed E-state index contributed by atoms with van der Waals surface area (Å²) in [5.74, 6) is 1.35. The quantitative estimate of drug-likeness (QED) is 0.432. The molecule has 1 heterocycles. The van der Waals surface area contributed by atoms with Crippen molar-refractivity contribution < 1.29 is 0 Å². The third-order valence-electron chi connectivity index (χ3n) is 3.66. The second kappa shape index (κ2) is 8.81. The fourth-order valence-electron chi connectivity index (χ4n) is 2.18. The van der Waals surface area contributed by atoms with Crippen molar-refractivity contribution >= 4 is 41.3 Å². The lowest BCUT2D eigenvalue weighted by atomic mass is 9.86. The van der Waals surface area contributed by atoms with Crippen LogP contribution >= 0.6 is 35.3 Å². The minimum Gasteiger partial charge on any atom is -0.370 e. The molecule has 0 bridgehead atoms. The fourth-order valence-corrected chi connectivity index (χ4v) is 3.20. The van der Waals surface area contributed by atoms with Crippen molar-refractivity contribution in [3.63, 3.8) is 0 Å². The van der Waals surface area contributed by atoms with Crippen molar-refractivity contribution in [1.29, 1.82) is 0 Å². The Hall–Kier alpha value is -0.370. The van der Waals surface area contributed by atoms with Crippen LogP contribution in [-0.2, 0) is 12.8 Å². The van der Waals surface area contributed by atoms with Gasteiger partial charge in [0, 0.05) is 24.4 Å². The molecule has 114 valence electrons. The summed E-state index contributed by atoms with van der Waals surface area (Å²) in [5, 5.41) is 4.36. The van der Waals surface area contributed by atoms with Gasteiger partial charge in [0.1, 0.15) is 0 Å². The molecule has 3 N–H and O–H groups in total. The van der Waals surface area contributed by atoms with Crippen molar-refractivity contribution in [1.82, 2.24) is 10.3 Å². The number of rotatable bonds is 6. The number of aryl methyl sites for hydroxylation is 2. The molecule has 1 aliphatic rings. The number of aliphatic imine (C=N–C) groups is 1. The van der Waals surface area contributed by atoms with E-state index in [1.165, 1.54) is 34.8 Å². The molecule has 0 radical (unpaired) electrons. The van der Waals surface area contributed by atoms with Crippen LogP contribution < -0.4 is 11.1 Å². The van der Waals surface area contributed by atoms with E-state index in [9.17, 15) is 0 Å². The van der Waals surface area contributed by atoms with E-state index in [2.05, 4.69) is 29.1 Å². The van der Waals surface area contributed by atoms with Gasteiger partial charge in [0.15, 0.2) is 5.96 Å². The Bertz CT molecular complexity index is 440. The van der Waals surface area contributed by atoms with Crippen molar-refractivity contribution in [2.75, 3.05) is 13.1 Å². The van der Waals surface area contributed by atoms with Crippen LogP contribution in [0.4, 0.5) is 0 Å². The topological polar surface area (TPSA) is 63.3 Å². The number of nitrogens with two attached hydrogens (primary N) is 1. The van der Waals surface area contributed by atoms with Crippen LogP contribution in [0.5, 0.6) is 0 Å². The number of nitrogens with one attached hydrogen (secondary N) is 1. The van der Waals surface area contributed by atoms with Crippen molar-refractivity contribution in [3.8, 4) is 0 Å². The monoisotopic (exact) mass is 408 g/mol. The van der Waals surface area contributed by atoms with Crippen LogP contribution in [0.25, 0.3) is 0 Å². The fraction of sp³-hybridized carbons (Fsp3) is 0.714. The highest BCUT2D eigenvalue weighted by atomic mass is 127.